The Morgan fingerprint density at radius 2 is 2.50 bits per heavy atom. The summed E-state index contributed by atoms with van der Waals surface area (Å²) in [5.74, 6) is 2.52. The minimum absolute atomic E-state index is 0.772. The van der Waals surface area contributed by atoms with Crippen LogP contribution in [0.2, 0.25) is 0 Å². The van der Waals surface area contributed by atoms with Crippen LogP contribution in [0.4, 0.5) is 0 Å². The van der Waals surface area contributed by atoms with Crippen molar-refractivity contribution in [1.82, 2.24) is 9.38 Å². The van der Waals surface area contributed by atoms with Gasteiger partial charge in [-0.15, -0.1) is 0 Å². The highest BCUT2D eigenvalue weighted by molar-refractivity contribution is 9.10. The van der Waals surface area contributed by atoms with Crippen LogP contribution in [0.3, 0.4) is 0 Å². The second-order valence-electron chi connectivity index (χ2n) is 4.15. The first-order valence-corrected chi connectivity index (χ1v) is 7.40. The number of halogens is 1. The van der Waals surface area contributed by atoms with Gasteiger partial charge in [0.15, 0.2) is 0 Å². The fourth-order valence-electron chi connectivity index (χ4n) is 2.19. The van der Waals surface area contributed by atoms with Gasteiger partial charge in [-0.25, -0.2) is 4.98 Å². The molecule has 1 saturated heterocycles. The van der Waals surface area contributed by atoms with E-state index < -0.39 is 0 Å². The van der Waals surface area contributed by atoms with Crippen molar-refractivity contribution in [3.63, 3.8) is 0 Å². The van der Waals surface area contributed by atoms with Crippen molar-refractivity contribution in [2.45, 2.75) is 24.5 Å². The summed E-state index contributed by atoms with van der Waals surface area (Å²) in [4.78, 5) is 4.53. The molecule has 0 radical (unpaired) electrons. The number of fused-ring (bicyclic) bond motifs is 1. The maximum Gasteiger partial charge on any atom is 0.114 e. The van der Waals surface area contributed by atoms with Gasteiger partial charge in [-0.3, -0.25) is 0 Å². The lowest BCUT2D eigenvalue weighted by atomic mass is 10.2. The van der Waals surface area contributed by atoms with Gasteiger partial charge >= 0.3 is 0 Å². The molecule has 2 aromatic heterocycles. The largest absolute Gasteiger partial charge is 0.304 e. The fraction of sp³-hybridized carbons (Fsp3) is 0.417. The zero-order chi connectivity index (χ0) is 11.0. The second kappa shape index (κ2) is 4.41. The first kappa shape index (κ1) is 10.7. The number of nitrogens with zero attached hydrogens (tertiary/aromatic N) is 2. The summed E-state index contributed by atoms with van der Waals surface area (Å²) in [7, 11) is 0. The second-order valence-corrected chi connectivity index (χ2v) is 6.48. The maximum absolute atomic E-state index is 4.53. The summed E-state index contributed by atoms with van der Waals surface area (Å²) in [6.45, 7) is 0. The monoisotopic (exact) mass is 296 g/mol. The lowest BCUT2D eigenvalue weighted by Crippen LogP contribution is -2.05. The normalized spacial score (nSPS) is 20.7. The van der Waals surface area contributed by atoms with Crippen LogP contribution in [0.25, 0.3) is 5.52 Å². The minimum Gasteiger partial charge on any atom is -0.304 e. The number of aromatic nitrogens is 2. The molecule has 1 aliphatic rings. The summed E-state index contributed by atoms with van der Waals surface area (Å²) >= 11 is 5.57. The average Bonchev–Trinajstić information content (AvgIpc) is 2.89. The van der Waals surface area contributed by atoms with Gasteiger partial charge in [0.1, 0.15) is 5.82 Å². The van der Waals surface area contributed by atoms with Crippen LogP contribution in [-0.2, 0) is 6.42 Å². The van der Waals surface area contributed by atoms with Crippen LogP contribution in [-0.4, -0.2) is 20.4 Å². The summed E-state index contributed by atoms with van der Waals surface area (Å²) in [6.07, 6.45) is 7.86. The zero-order valence-electron chi connectivity index (χ0n) is 8.90. The molecule has 3 heterocycles. The van der Waals surface area contributed by atoms with E-state index in [-0.39, 0.29) is 0 Å². The number of thioether (sulfide) groups is 1. The molecule has 1 aliphatic heterocycles. The van der Waals surface area contributed by atoms with Crippen LogP contribution in [0.15, 0.2) is 29.0 Å². The molecule has 1 atom stereocenters. The molecule has 2 nitrogen and oxygen atoms in total. The van der Waals surface area contributed by atoms with E-state index in [0.717, 1.165) is 16.1 Å². The Morgan fingerprint density at radius 3 is 3.31 bits per heavy atom. The lowest BCUT2D eigenvalue weighted by molar-refractivity contribution is 0.743. The smallest absolute Gasteiger partial charge is 0.114 e. The Kier molecular flexibility index (Phi) is 2.94. The van der Waals surface area contributed by atoms with Gasteiger partial charge < -0.3 is 4.40 Å². The van der Waals surface area contributed by atoms with E-state index in [1.54, 1.807) is 0 Å². The molecule has 0 aliphatic carbocycles. The summed E-state index contributed by atoms with van der Waals surface area (Å²) in [5, 5.41) is 0.772. The van der Waals surface area contributed by atoms with E-state index in [4.69, 9.17) is 0 Å². The van der Waals surface area contributed by atoms with Crippen molar-refractivity contribution in [2.75, 3.05) is 5.75 Å². The van der Waals surface area contributed by atoms with Gasteiger partial charge in [0.2, 0.25) is 0 Å². The molecule has 0 bridgehead atoms. The van der Waals surface area contributed by atoms with E-state index in [1.165, 1.54) is 29.9 Å². The number of rotatable bonds is 2. The third-order valence-electron chi connectivity index (χ3n) is 3.00. The molecule has 0 aromatic carbocycles. The highest BCUT2D eigenvalue weighted by Crippen LogP contribution is 2.29. The van der Waals surface area contributed by atoms with Gasteiger partial charge in [-0.05, 0) is 30.7 Å². The van der Waals surface area contributed by atoms with Crippen molar-refractivity contribution < 1.29 is 0 Å². The zero-order valence-corrected chi connectivity index (χ0v) is 11.3. The number of hydrogen-bond donors (Lipinski definition) is 0. The number of hydrogen-bond acceptors (Lipinski definition) is 2. The van der Waals surface area contributed by atoms with Gasteiger partial charge in [-0.2, -0.15) is 11.8 Å². The Labute approximate surface area is 108 Å². The third-order valence-corrected chi connectivity index (χ3v) is 4.90. The summed E-state index contributed by atoms with van der Waals surface area (Å²) < 4.78 is 3.31. The molecule has 4 heteroatoms. The molecule has 0 N–H and O–H groups in total. The molecule has 0 spiro atoms. The Morgan fingerprint density at radius 1 is 1.56 bits per heavy atom. The van der Waals surface area contributed by atoms with E-state index in [1.807, 2.05) is 6.20 Å². The van der Waals surface area contributed by atoms with Crippen molar-refractivity contribution in [2.24, 2.45) is 0 Å². The van der Waals surface area contributed by atoms with Crippen LogP contribution >= 0.6 is 27.7 Å². The van der Waals surface area contributed by atoms with Crippen molar-refractivity contribution in [1.29, 1.82) is 0 Å². The molecule has 3 rings (SSSR count). The standard InChI is InChI=1S/C12H13BrN2S/c13-9-3-4-15-10(6-9)8-14-12(15)7-11-2-1-5-16-11/h3-4,6,8,11H,1-2,5,7H2. The van der Waals surface area contributed by atoms with E-state index in [2.05, 4.69) is 55.4 Å². The highest BCUT2D eigenvalue weighted by Gasteiger charge is 2.18. The predicted molar refractivity (Wildman–Crippen MR) is 72.1 cm³/mol. The van der Waals surface area contributed by atoms with Crippen LogP contribution in [0.1, 0.15) is 18.7 Å². The lowest BCUT2D eigenvalue weighted by Gasteiger charge is -2.07. The predicted octanol–water partition coefficient (Wildman–Crippen LogP) is 3.53. The van der Waals surface area contributed by atoms with Gasteiger partial charge in [0, 0.05) is 22.3 Å². The average molecular weight is 297 g/mol. The molecular formula is C12H13BrN2S. The van der Waals surface area contributed by atoms with Crippen LogP contribution in [0.5, 0.6) is 0 Å². The van der Waals surface area contributed by atoms with E-state index in [9.17, 15) is 0 Å². The first-order valence-electron chi connectivity index (χ1n) is 5.56. The molecular weight excluding hydrogens is 284 g/mol. The summed E-state index contributed by atoms with van der Waals surface area (Å²) in [6, 6.07) is 4.18. The van der Waals surface area contributed by atoms with E-state index in [0.29, 0.717) is 0 Å². The first-order chi connectivity index (χ1) is 7.83. The molecule has 2 aromatic rings. The molecule has 1 unspecified atom stereocenters. The topological polar surface area (TPSA) is 17.3 Å². The van der Waals surface area contributed by atoms with Crippen molar-refractivity contribution in [3.05, 3.63) is 34.8 Å². The molecule has 0 amide bonds. The maximum atomic E-state index is 4.53. The third kappa shape index (κ3) is 2.00. The van der Waals surface area contributed by atoms with Gasteiger partial charge in [-0.1, -0.05) is 15.9 Å². The van der Waals surface area contributed by atoms with Crippen LogP contribution in [0, 0.1) is 0 Å². The molecule has 1 fully saturated rings. The SMILES string of the molecule is Brc1ccn2c(CC3CCCS3)ncc2c1. The summed E-state index contributed by atoms with van der Waals surface area (Å²) in [5.41, 5.74) is 1.17. The van der Waals surface area contributed by atoms with Crippen molar-refractivity contribution >= 4 is 33.2 Å². The van der Waals surface area contributed by atoms with Crippen molar-refractivity contribution in [3.8, 4) is 0 Å². The quantitative estimate of drug-likeness (QED) is 0.843. The molecule has 84 valence electrons. The van der Waals surface area contributed by atoms with E-state index >= 15 is 0 Å². The van der Waals surface area contributed by atoms with Gasteiger partial charge in [0.05, 0.1) is 11.7 Å². The molecule has 16 heavy (non-hydrogen) atoms. The number of imidazole rings is 1. The fourth-order valence-corrected chi connectivity index (χ4v) is 3.81. The Balaban J connectivity index is 1.91. The Bertz CT molecular complexity index is 503. The van der Waals surface area contributed by atoms with Gasteiger partial charge in [0.25, 0.3) is 0 Å². The number of pyridine rings is 1. The minimum atomic E-state index is 0.772. The molecule has 0 saturated carbocycles. The Hall–Kier alpha value is -0.480. The van der Waals surface area contributed by atoms with Crippen LogP contribution < -0.4 is 0 Å². The highest BCUT2D eigenvalue weighted by atomic mass is 79.9.